The van der Waals surface area contributed by atoms with E-state index in [9.17, 15) is 4.79 Å². The van der Waals surface area contributed by atoms with E-state index >= 15 is 0 Å². The summed E-state index contributed by atoms with van der Waals surface area (Å²) in [5, 5.41) is 11.1. The summed E-state index contributed by atoms with van der Waals surface area (Å²) in [4.78, 5) is 18.6. The standard InChI is InChI=1S/C17H25N5O3/c1-10-13(11(2)25-21-10)5-6-16(23)22(4)9-15-14(7-8-24-15)17-18-12(3)19-20-17/h14-15H,5-9H2,1-4H3,(H,18,19,20)/t14-,15-/m1/s1. The van der Waals surface area contributed by atoms with Gasteiger partial charge in [-0.15, -0.1) is 0 Å². The first kappa shape index (κ1) is 17.6. The summed E-state index contributed by atoms with van der Waals surface area (Å²) in [6, 6.07) is 0. The van der Waals surface area contributed by atoms with Gasteiger partial charge in [0.15, 0.2) is 5.82 Å². The summed E-state index contributed by atoms with van der Waals surface area (Å²) >= 11 is 0. The number of rotatable bonds is 6. The molecule has 0 bridgehead atoms. The van der Waals surface area contributed by atoms with Crippen LogP contribution in [-0.4, -0.2) is 57.4 Å². The van der Waals surface area contributed by atoms with Gasteiger partial charge < -0.3 is 14.2 Å². The third-order valence-corrected chi connectivity index (χ3v) is 4.81. The smallest absolute Gasteiger partial charge is 0.222 e. The Morgan fingerprint density at radius 3 is 2.80 bits per heavy atom. The highest BCUT2D eigenvalue weighted by Gasteiger charge is 2.34. The van der Waals surface area contributed by atoms with Crippen molar-refractivity contribution in [1.29, 1.82) is 0 Å². The fraction of sp³-hybridized carbons (Fsp3) is 0.647. The van der Waals surface area contributed by atoms with Gasteiger partial charge in [-0.05, 0) is 33.6 Å². The lowest BCUT2D eigenvalue weighted by molar-refractivity contribution is -0.131. The third kappa shape index (κ3) is 3.89. The number of carbonyl (C=O) groups is 1. The van der Waals surface area contributed by atoms with Crippen LogP contribution in [0.5, 0.6) is 0 Å². The van der Waals surface area contributed by atoms with Gasteiger partial charge in [0.05, 0.1) is 17.7 Å². The SMILES string of the molecule is Cc1nc([C@@H]2CCO[C@@H]2CN(C)C(=O)CCc2c(C)noc2C)n[nH]1. The minimum absolute atomic E-state index is 0.0665. The number of ether oxygens (including phenoxy) is 1. The number of aryl methyl sites for hydroxylation is 3. The average Bonchev–Trinajstić information content (AvgIpc) is 3.27. The lowest BCUT2D eigenvalue weighted by Crippen LogP contribution is -2.36. The normalized spacial score (nSPS) is 20.2. The van der Waals surface area contributed by atoms with Crippen LogP contribution >= 0.6 is 0 Å². The van der Waals surface area contributed by atoms with Gasteiger partial charge in [0.25, 0.3) is 0 Å². The molecule has 3 heterocycles. The molecule has 0 spiro atoms. The first-order chi connectivity index (χ1) is 12.0. The van der Waals surface area contributed by atoms with Gasteiger partial charge in [0.1, 0.15) is 11.6 Å². The lowest BCUT2D eigenvalue weighted by atomic mass is 10.00. The molecule has 136 valence electrons. The van der Waals surface area contributed by atoms with Crippen LogP contribution in [-0.2, 0) is 16.0 Å². The zero-order valence-electron chi connectivity index (χ0n) is 15.2. The number of likely N-dealkylation sites (N-methyl/N-ethyl adjacent to an activating group) is 1. The first-order valence-electron chi connectivity index (χ1n) is 8.62. The van der Waals surface area contributed by atoms with Crippen molar-refractivity contribution in [3.05, 3.63) is 28.7 Å². The van der Waals surface area contributed by atoms with Crippen molar-refractivity contribution in [3.63, 3.8) is 0 Å². The highest BCUT2D eigenvalue weighted by molar-refractivity contribution is 5.76. The molecular formula is C17H25N5O3. The second kappa shape index (κ2) is 7.35. The predicted molar refractivity (Wildman–Crippen MR) is 90.2 cm³/mol. The van der Waals surface area contributed by atoms with Gasteiger partial charge in [0, 0.05) is 32.2 Å². The average molecular weight is 347 g/mol. The molecule has 2 aromatic rings. The van der Waals surface area contributed by atoms with Crippen LogP contribution in [0.15, 0.2) is 4.52 Å². The van der Waals surface area contributed by atoms with Gasteiger partial charge in [-0.1, -0.05) is 5.16 Å². The molecule has 2 atom stereocenters. The Morgan fingerprint density at radius 2 is 2.16 bits per heavy atom. The number of aromatic nitrogens is 4. The molecule has 8 heteroatoms. The molecule has 0 aromatic carbocycles. The van der Waals surface area contributed by atoms with Crippen LogP contribution in [0.4, 0.5) is 0 Å². The number of hydrogen-bond donors (Lipinski definition) is 1. The van der Waals surface area contributed by atoms with Crippen LogP contribution < -0.4 is 0 Å². The molecule has 8 nitrogen and oxygen atoms in total. The molecule has 0 radical (unpaired) electrons. The first-order valence-corrected chi connectivity index (χ1v) is 8.62. The zero-order chi connectivity index (χ0) is 18.0. The monoisotopic (exact) mass is 347 g/mol. The third-order valence-electron chi connectivity index (χ3n) is 4.81. The number of H-pyrrole nitrogens is 1. The van der Waals surface area contributed by atoms with Crippen molar-refractivity contribution in [1.82, 2.24) is 25.2 Å². The number of nitrogens with zero attached hydrogens (tertiary/aromatic N) is 4. The van der Waals surface area contributed by atoms with Gasteiger partial charge in [-0.2, -0.15) is 5.10 Å². The van der Waals surface area contributed by atoms with Crippen LogP contribution in [0.3, 0.4) is 0 Å². The van der Waals surface area contributed by atoms with E-state index in [-0.39, 0.29) is 17.9 Å². The fourth-order valence-corrected chi connectivity index (χ4v) is 3.30. The molecule has 0 unspecified atom stereocenters. The molecule has 1 aliphatic heterocycles. The Balaban J connectivity index is 1.55. The second-order valence-electron chi connectivity index (χ2n) is 6.66. The number of carbonyl (C=O) groups excluding carboxylic acids is 1. The van der Waals surface area contributed by atoms with Crippen molar-refractivity contribution in [2.45, 2.75) is 52.1 Å². The summed E-state index contributed by atoms with van der Waals surface area (Å²) in [6.07, 6.45) is 1.88. The maximum absolute atomic E-state index is 12.5. The van der Waals surface area contributed by atoms with Gasteiger partial charge in [0.2, 0.25) is 5.91 Å². The summed E-state index contributed by atoms with van der Waals surface area (Å²) in [5.74, 6) is 2.57. The molecule has 1 saturated heterocycles. The Morgan fingerprint density at radius 1 is 1.36 bits per heavy atom. The van der Waals surface area contributed by atoms with Crippen molar-refractivity contribution in [3.8, 4) is 0 Å². The van der Waals surface area contributed by atoms with Crippen molar-refractivity contribution < 1.29 is 14.1 Å². The van der Waals surface area contributed by atoms with Crippen molar-refractivity contribution in [2.75, 3.05) is 20.2 Å². The van der Waals surface area contributed by atoms with E-state index in [1.807, 2.05) is 27.8 Å². The van der Waals surface area contributed by atoms with E-state index in [4.69, 9.17) is 9.26 Å². The lowest BCUT2D eigenvalue weighted by Gasteiger charge is -2.23. The zero-order valence-corrected chi connectivity index (χ0v) is 15.2. The van der Waals surface area contributed by atoms with Gasteiger partial charge >= 0.3 is 0 Å². The fourth-order valence-electron chi connectivity index (χ4n) is 3.30. The summed E-state index contributed by atoms with van der Waals surface area (Å²) in [5.41, 5.74) is 1.88. The second-order valence-corrected chi connectivity index (χ2v) is 6.66. The van der Waals surface area contributed by atoms with Crippen molar-refractivity contribution >= 4 is 5.91 Å². The van der Waals surface area contributed by atoms with Gasteiger partial charge in [-0.25, -0.2) is 4.98 Å². The Hall–Kier alpha value is -2.22. The largest absolute Gasteiger partial charge is 0.376 e. The molecule has 1 amide bonds. The Bertz CT molecular complexity index is 719. The molecular weight excluding hydrogens is 322 g/mol. The van der Waals surface area contributed by atoms with Crippen LogP contribution in [0.2, 0.25) is 0 Å². The number of amides is 1. The molecule has 2 aromatic heterocycles. The molecule has 1 fully saturated rings. The quantitative estimate of drug-likeness (QED) is 0.854. The van der Waals surface area contributed by atoms with E-state index in [1.54, 1.807) is 4.90 Å². The van der Waals surface area contributed by atoms with E-state index in [0.717, 1.165) is 35.1 Å². The van der Waals surface area contributed by atoms with E-state index in [2.05, 4.69) is 20.3 Å². The molecule has 25 heavy (non-hydrogen) atoms. The highest BCUT2D eigenvalue weighted by Crippen LogP contribution is 2.29. The van der Waals surface area contributed by atoms with E-state index in [1.165, 1.54) is 0 Å². The van der Waals surface area contributed by atoms with Crippen molar-refractivity contribution in [2.24, 2.45) is 0 Å². The van der Waals surface area contributed by atoms with Crippen LogP contribution in [0.25, 0.3) is 0 Å². The number of aromatic amines is 1. The molecule has 0 aliphatic carbocycles. The maximum atomic E-state index is 12.5. The van der Waals surface area contributed by atoms with Crippen LogP contribution in [0, 0.1) is 20.8 Å². The topological polar surface area (TPSA) is 97.1 Å². The Labute approximate surface area is 146 Å². The molecule has 1 N–H and O–H groups in total. The molecule has 3 rings (SSSR count). The molecule has 0 saturated carbocycles. The van der Waals surface area contributed by atoms with Crippen LogP contribution in [0.1, 0.15) is 47.4 Å². The summed E-state index contributed by atoms with van der Waals surface area (Å²) < 4.78 is 11.0. The van der Waals surface area contributed by atoms with E-state index < -0.39 is 0 Å². The summed E-state index contributed by atoms with van der Waals surface area (Å²) in [6.45, 7) is 6.86. The minimum atomic E-state index is -0.0665. The van der Waals surface area contributed by atoms with Gasteiger partial charge in [-0.3, -0.25) is 9.89 Å². The molecule has 1 aliphatic rings. The van der Waals surface area contributed by atoms with E-state index in [0.29, 0.717) is 26.0 Å². The number of nitrogens with one attached hydrogen (secondary N) is 1. The maximum Gasteiger partial charge on any atom is 0.222 e. The Kier molecular flexibility index (Phi) is 5.17. The highest BCUT2D eigenvalue weighted by atomic mass is 16.5. The number of hydrogen-bond acceptors (Lipinski definition) is 6. The predicted octanol–water partition coefficient (Wildman–Crippen LogP) is 1.68. The minimum Gasteiger partial charge on any atom is -0.376 e. The summed E-state index contributed by atoms with van der Waals surface area (Å²) in [7, 11) is 1.82.